The maximum absolute atomic E-state index is 2.27. The number of thiophene rings is 1. The molecule has 0 N–H and O–H groups in total. The molecule has 0 nitrogen and oxygen atoms in total. The van der Waals surface area contributed by atoms with Gasteiger partial charge in [0.25, 0.3) is 0 Å². The predicted molar refractivity (Wildman–Crippen MR) is 86.0 cm³/mol. The van der Waals surface area contributed by atoms with Crippen molar-refractivity contribution in [3.8, 4) is 10.4 Å². The number of hydrogen-bond acceptors (Lipinski definition) is 1. The Bertz CT molecular complexity index is 708. The largest absolute Gasteiger partial charge is 0.140 e. The van der Waals surface area contributed by atoms with E-state index in [2.05, 4.69) is 75.4 Å². The predicted octanol–water partition coefficient (Wildman–Crippen LogP) is 5.87. The minimum absolute atomic E-state index is 0.230. The van der Waals surface area contributed by atoms with Crippen LogP contribution < -0.4 is 0 Å². The Kier molecular flexibility index (Phi) is 2.94. The minimum Gasteiger partial charge on any atom is -0.140 e. The fraction of sp³-hybridized carbons (Fsp3) is 0.222. The Morgan fingerprint density at radius 2 is 1.53 bits per heavy atom. The molecule has 0 aliphatic rings. The molecule has 96 valence electrons. The van der Waals surface area contributed by atoms with E-state index in [1.54, 1.807) is 0 Å². The van der Waals surface area contributed by atoms with E-state index in [0.717, 1.165) is 0 Å². The molecule has 0 amide bonds. The molecule has 3 aromatic rings. The van der Waals surface area contributed by atoms with Crippen LogP contribution in [0.5, 0.6) is 0 Å². The Morgan fingerprint density at radius 3 is 2.26 bits per heavy atom. The van der Waals surface area contributed by atoms with Gasteiger partial charge in [-0.1, -0.05) is 63.2 Å². The standard InChI is InChI=1S/C18H18S/c1-18(2,3)17-12-11-16(19-17)15-10-6-8-13-7-4-5-9-14(13)15/h4-12H,1-3H3. The van der Waals surface area contributed by atoms with E-state index >= 15 is 0 Å². The molecule has 0 spiro atoms. The van der Waals surface area contributed by atoms with Gasteiger partial charge in [-0.2, -0.15) is 0 Å². The summed E-state index contributed by atoms with van der Waals surface area (Å²) in [6.07, 6.45) is 0. The van der Waals surface area contributed by atoms with Gasteiger partial charge in [0.1, 0.15) is 0 Å². The van der Waals surface area contributed by atoms with E-state index in [0.29, 0.717) is 0 Å². The van der Waals surface area contributed by atoms with E-state index < -0.39 is 0 Å². The summed E-state index contributed by atoms with van der Waals surface area (Å²) >= 11 is 1.91. The average molecular weight is 266 g/mol. The normalized spacial score (nSPS) is 11.9. The van der Waals surface area contributed by atoms with Crippen molar-refractivity contribution in [1.29, 1.82) is 0 Å². The maximum Gasteiger partial charge on any atom is 0.0352 e. The maximum atomic E-state index is 2.27. The van der Waals surface area contributed by atoms with Gasteiger partial charge in [-0.3, -0.25) is 0 Å². The van der Waals surface area contributed by atoms with E-state index in [-0.39, 0.29) is 5.41 Å². The summed E-state index contributed by atoms with van der Waals surface area (Å²) in [4.78, 5) is 2.80. The van der Waals surface area contributed by atoms with Crippen LogP contribution in [0.4, 0.5) is 0 Å². The zero-order valence-corrected chi connectivity index (χ0v) is 12.4. The van der Waals surface area contributed by atoms with E-state index in [4.69, 9.17) is 0 Å². The zero-order chi connectivity index (χ0) is 13.5. The highest BCUT2D eigenvalue weighted by Gasteiger charge is 2.17. The summed E-state index contributed by atoms with van der Waals surface area (Å²) in [5.41, 5.74) is 1.58. The molecule has 0 fully saturated rings. The van der Waals surface area contributed by atoms with Gasteiger partial charge in [-0.15, -0.1) is 11.3 Å². The molecule has 0 radical (unpaired) electrons. The number of fused-ring (bicyclic) bond motifs is 1. The van der Waals surface area contributed by atoms with Gasteiger partial charge in [0.2, 0.25) is 0 Å². The van der Waals surface area contributed by atoms with Crippen molar-refractivity contribution < 1.29 is 0 Å². The van der Waals surface area contributed by atoms with Gasteiger partial charge >= 0.3 is 0 Å². The van der Waals surface area contributed by atoms with Crippen LogP contribution >= 0.6 is 11.3 Å². The Hall–Kier alpha value is -1.60. The van der Waals surface area contributed by atoms with Gasteiger partial charge < -0.3 is 0 Å². The lowest BCUT2D eigenvalue weighted by atomic mass is 9.95. The fourth-order valence-corrected chi connectivity index (χ4v) is 3.43. The second-order valence-corrected chi connectivity index (χ2v) is 7.02. The zero-order valence-electron chi connectivity index (χ0n) is 11.6. The van der Waals surface area contributed by atoms with Crippen molar-refractivity contribution in [3.05, 3.63) is 59.5 Å². The first kappa shape index (κ1) is 12.4. The molecule has 0 saturated heterocycles. The molecule has 19 heavy (non-hydrogen) atoms. The van der Waals surface area contributed by atoms with Gasteiger partial charge in [0.05, 0.1) is 0 Å². The third-order valence-electron chi connectivity index (χ3n) is 3.40. The van der Waals surface area contributed by atoms with E-state index in [1.165, 1.54) is 26.1 Å². The topological polar surface area (TPSA) is 0 Å². The van der Waals surface area contributed by atoms with Crippen LogP contribution in [-0.4, -0.2) is 0 Å². The molecule has 0 aliphatic heterocycles. The highest BCUT2D eigenvalue weighted by atomic mass is 32.1. The Labute approximate surface area is 118 Å². The average Bonchev–Trinajstić information content (AvgIpc) is 2.87. The molecule has 0 aliphatic carbocycles. The highest BCUT2D eigenvalue weighted by Crippen LogP contribution is 2.37. The summed E-state index contributed by atoms with van der Waals surface area (Å²) < 4.78 is 0. The summed E-state index contributed by atoms with van der Waals surface area (Å²) in [7, 11) is 0. The molecule has 2 aromatic carbocycles. The van der Waals surface area contributed by atoms with Crippen LogP contribution in [0, 0.1) is 0 Å². The first-order chi connectivity index (χ1) is 9.05. The number of rotatable bonds is 1. The van der Waals surface area contributed by atoms with E-state index in [9.17, 15) is 0 Å². The third-order valence-corrected chi connectivity index (χ3v) is 4.94. The van der Waals surface area contributed by atoms with Crippen LogP contribution in [0.25, 0.3) is 21.2 Å². The molecule has 0 unspecified atom stereocenters. The number of benzene rings is 2. The van der Waals surface area contributed by atoms with E-state index in [1.807, 2.05) is 11.3 Å². The van der Waals surface area contributed by atoms with Crippen LogP contribution in [0.15, 0.2) is 54.6 Å². The monoisotopic (exact) mass is 266 g/mol. The fourth-order valence-electron chi connectivity index (χ4n) is 2.33. The molecular weight excluding hydrogens is 248 g/mol. The molecule has 0 saturated carbocycles. The van der Waals surface area contributed by atoms with Crippen molar-refractivity contribution in [2.24, 2.45) is 0 Å². The Balaban J connectivity index is 2.17. The lowest BCUT2D eigenvalue weighted by molar-refractivity contribution is 0.604. The molecule has 0 bridgehead atoms. The van der Waals surface area contributed by atoms with Crippen molar-refractivity contribution >= 4 is 22.1 Å². The third kappa shape index (κ3) is 2.31. The van der Waals surface area contributed by atoms with Crippen molar-refractivity contribution in [2.45, 2.75) is 26.2 Å². The summed E-state index contributed by atoms with van der Waals surface area (Å²) in [5.74, 6) is 0. The second kappa shape index (κ2) is 4.50. The van der Waals surface area contributed by atoms with Gasteiger partial charge in [0, 0.05) is 9.75 Å². The van der Waals surface area contributed by atoms with Crippen LogP contribution in [0.1, 0.15) is 25.6 Å². The lowest BCUT2D eigenvalue weighted by Gasteiger charge is -2.15. The first-order valence-corrected chi connectivity index (χ1v) is 7.46. The summed E-state index contributed by atoms with van der Waals surface area (Å²) in [5, 5.41) is 2.65. The second-order valence-electron chi connectivity index (χ2n) is 5.94. The van der Waals surface area contributed by atoms with Crippen molar-refractivity contribution in [1.82, 2.24) is 0 Å². The number of hydrogen-bond donors (Lipinski definition) is 0. The summed E-state index contributed by atoms with van der Waals surface area (Å²) in [6.45, 7) is 6.81. The molecule has 3 rings (SSSR count). The molecule has 1 heterocycles. The quantitative estimate of drug-likeness (QED) is 0.517. The molecular formula is C18H18S. The summed E-state index contributed by atoms with van der Waals surface area (Å²) in [6, 6.07) is 19.7. The lowest BCUT2D eigenvalue weighted by Crippen LogP contribution is -2.07. The molecule has 0 atom stereocenters. The van der Waals surface area contributed by atoms with Crippen molar-refractivity contribution in [2.75, 3.05) is 0 Å². The first-order valence-electron chi connectivity index (χ1n) is 6.64. The van der Waals surface area contributed by atoms with Crippen LogP contribution in [-0.2, 0) is 5.41 Å². The molecule has 1 heteroatoms. The highest BCUT2D eigenvalue weighted by molar-refractivity contribution is 7.15. The smallest absolute Gasteiger partial charge is 0.0352 e. The Morgan fingerprint density at radius 1 is 0.789 bits per heavy atom. The van der Waals surface area contributed by atoms with Crippen LogP contribution in [0.2, 0.25) is 0 Å². The minimum atomic E-state index is 0.230. The van der Waals surface area contributed by atoms with Crippen LogP contribution in [0.3, 0.4) is 0 Å². The van der Waals surface area contributed by atoms with Gasteiger partial charge in [0.15, 0.2) is 0 Å². The van der Waals surface area contributed by atoms with Gasteiger partial charge in [-0.05, 0) is 33.9 Å². The SMILES string of the molecule is CC(C)(C)c1ccc(-c2cccc3ccccc23)s1. The van der Waals surface area contributed by atoms with Crippen molar-refractivity contribution in [3.63, 3.8) is 0 Å². The van der Waals surface area contributed by atoms with Gasteiger partial charge in [-0.25, -0.2) is 0 Å². The molecule has 1 aromatic heterocycles.